The van der Waals surface area contributed by atoms with Crippen LogP contribution in [0.4, 0.5) is 5.69 Å². The first-order valence-electron chi connectivity index (χ1n) is 7.86. The molecule has 1 N–H and O–H groups in total. The molecular weight excluding hydrogens is 330 g/mol. The number of nitrogens with one attached hydrogen (secondary N) is 1. The number of nitrogens with zero attached hydrogens (tertiary/aromatic N) is 2. The number of hydrogen-bond donors (Lipinski definition) is 1. The van der Waals surface area contributed by atoms with E-state index in [-0.39, 0.29) is 18.2 Å². The predicted molar refractivity (Wildman–Crippen MR) is 91.8 cm³/mol. The molecule has 1 aromatic carbocycles. The second-order valence-electron chi connectivity index (χ2n) is 6.21. The molecule has 0 aliphatic carbocycles. The number of hydrogen-bond acceptors (Lipinski definition) is 4. The second-order valence-corrected chi connectivity index (χ2v) is 8.12. The number of carbonyl (C=O) groups excluding carboxylic acids is 2. The van der Waals surface area contributed by atoms with Crippen molar-refractivity contribution in [2.24, 2.45) is 0 Å². The lowest BCUT2D eigenvalue weighted by atomic mass is 10.1. The van der Waals surface area contributed by atoms with Crippen molar-refractivity contribution >= 4 is 27.4 Å². The van der Waals surface area contributed by atoms with Crippen molar-refractivity contribution < 1.29 is 22.9 Å². The normalized spacial score (nSPS) is 16.0. The summed E-state index contributed by atoms with van der Waals surface area (Å²) in [6, 6.07) is 6.34. The molecule has 1 fully saturated rings. The van der Waals surface area contributed by atoms with E-state index < -0.39 is 10.0 Å². The van der Waals surface area contributed by atoms with Gasteiger partial charge in [-0.1, -0.05) is 12.1 Å². The van der Waals surface area contributed by atoms with Crippen molar-refractivity contribution in [3.63, 3.8) is 0 Å². The molecule has 0 bridgehead atoms. The van der Waals surface area contributed by atoms with E-state index >= 15 is 0 Å². The SMILES string of the molecule is CC(=O)c1cccc(N(CC(=O)N2CC[NH+](C)CC2)S(C)(=O)=O)c1. The largest absolute Gasteiger partial charge is 0.334 e. The quantitative estimate of drug-likeness (QED) is 0.689. The van der Waals surface area contributed by atoms with Crippen molar-refractivity contribution in [1.29, 1.82) is 0 Å². The number of anilines is 1. The molecule has 0 spiro atoms. The molecular formula is C16H24N3O4S+. The van der Waals surface area contributed by atoms with Crippen LogP contribution in [0.2, 0.25) is 0 Å². The molecule has 1 aromatic rings. The van der Waals surface area contributed by atoms with Gasteiger partial charge >= 0.3 is 0 Å². The number of quaternary nitrogens is 1. The molecule has 0 atom stereocenters. The maximum Gasteiger partial charge on any atom is 0.243 e. The highest BCUT2D eigenvalue weighted by atomic mass is 32.2. The Morgan fingerprint density at radius 1 is 1.25 bits per heavy atom. The summed E-state index contributed by atoms with van der Waals surface area (Å²) in [4.78, 5) is 27.1. The second kappa shape index (κ2) is 7.31. The molecule has 132 valence electrons. The number of ketones is 1. The molecule has 1 amide bonds. The zero-order valence-electron chi connectivity index (χ0n) is 14.3. The number of Topliss-reactive ketones (excluding diaryl/α,β-unsaturated/α-hetero) is 1. The van der Waals surface area contributed by atoms with Gasteiger partial charge in [-0.05, 0) is 19.1 Å². The Hall–Kier alpha value is -1.93. The minimum absolute atomic E-state index is 0.154. The lowest BCUT2D eigenvalue weighted by Gasteiger charge is -2.32. The molecule has 1 aliphatic rings. The molecule has 0 radical (unpaired) electrons. The molecule has 2 rings (SSSR count). The van der Waals surface area contributed by atoms with Crippen LogP contribution in [-0.4, -0.2) is 71.0 Å². The van der Waals surface area contributed by atoms with Crippen molar-refractivity contribution in [2.45, 2.75) is 6.92 Å². The number of sulfonamides is 1. The van der Waals surface area contributed by atoms with Crippen LogP contribution in [0.1, 0.15) is 17.3 Å². The molecule has 0 aromatic heterocycles. The Labute approximate surface area is 142 Å². The first-order valence-corrected chi connectivity index (χ1v) is 9.71. The van der Waals surface area contributed by atoms with E-state index in [1.165, 1.54) is 17.9 Å². The van der Waals surface area contributed by atoms with E-state index in [1.807, 2.05) is 0 Å². The fourth-order valence-corrected chi connectivity index (χ4v) is 3.48. The number of rotatable bonds is 5. The van der Waals surface area contributed by atoms with Crippen LogP contribution in [-0.2, 0) is 14.8 Å². The lowest BCUT2D eigenvalue weighted by Crippen LogP contribution is -3.12. The fraction of sp³-hybridized carbons (Fsp3) is 0.500. The first-order chi connectivity index (χ1) is 11.2. The van der Waals surface area contributed by atoms with E-state index in [0.29, 0.717) is 24.3 Å². The van der Waals surface area contributed by atoms with Crippen LogP contribution < -0.4 is 9.21 Å². The standard InChI is InChI=1S/C16H23N3O4S/c1-13(20)14-5-4-6-15(11-14)19(24(3,22)23)12-16(21)18-9-7-17(2)8-10-18/h4-6,11H,7-10,12H2,1-3H3/p+1. The smallest absolute Gasteiger partial charge is 0.243 e. The van der Waals surface area contributed by atoms with E-state index in [2.05, 4.69) is 7.05 Å². The third-order valence-corrected chi connectivity index (χ3v) is 5.33. The zero-order valence-corrected chi connectivity index (χ0v) is 15.1. The lowest BCUT2D eigenvalue weighted by molar-refractivity contribution is -0.883. The summed E-state index contributed by atoms with van der Waals surface area (Å²) >= 11 is 0. The van der Waals surface area contributed by atoms with Gasteiger partial charge in [0.05, 0.1) is 45.2 Å². The Bertz CT molecular complexity index is 725. The summed E-state index contributed by atoms with van der Waals surface area (Å²) in [5.74, 6) is -0.375. The number of amides is 1. The van der Waals surface area contributed by atoms with E-state index in [0.717, 1.165) is 23.7 Å². The topological polar surface area (TPSA) is 79.2 Å². The number of likely N-dealkylation sites (N-methyl/N-ethyl adjacent to an activating group) is 1. The van der Waals surface area contributed by atoms with Crippen LogP contribution in [0.3, 0.4) is 0 Å². The summed E-state index contributed by atoms with van der Waals surface area (Å²) in [7, 11) is -1.57. The minimum atomic E-state index is -3.64. The molecule has 1 aliphatic heterocycles. The van der Waals surface area contributed by atoms with E-state index in [9.17, 15) is 18.0 Å². The van der Waals surface area contributed by atoms with E-state index in [4.69, 9.17) is 0 Å². The van der Waals surface area contributed by atoms with Gasteiger partial charge < -0.3 is 9.80 Å². The monoisotopic (exact) mass is 354 g/mol. The van der Waals surface area contributed by atoms with Gasteiger partial charge in [-0.25, -0.2) is 8.42 Å². The summed E-state index contributed by atoms with van der Waals surface area (Å²) in [5, 5.41) is 0. The molecule has 0 saturated carbocycles. The summed E-state index contributed by atoms with van der Waals surface area (Å²) < 4.78 is 25.4. The van der Waals surface area contributed by atoms with Gasteiger partial charge in [0.25, 0.3) is 0 Å². The third kappa shape index (κ3) is 4.55. The van der Waals surface area contributed by atoms with E-state index in [1.54, 1.807) is 23.1 Å². The van der Waals surface area contributed by atoms with Crippen LogP contribution in [0.5, 0.6) is 0 Å². The van der Waals surface area contributed by atoms with Crippen molar-refractivity contribution in [3.05, 3.63) is 29.8 Å². The first kappa shape index (κ1) is 18.4. The van der Waals surface area contributed by atoms with Gasteiger partial charge in [0.2, 0.25) is 15.9 Å². The fourth-order valence-electron chi connectivity index (χ4n) is 2.64. The van der Waals surface area contributed by atoms with Gasteiger partial charge in [0, 0.05) is 5.56 Å². The maximum atomic E-state index is 12.5. The highest BCUT2D eigenvalue weighted by Gasteiger charge is 2.27. The van der Waals surface area contributed by atoms with Gasteiger partial charge in [0.15, 0.2) is 5.78 Å². The summed E-state index contributed by atoms with van der Waals surface area (Å²) in [5.41, 5.74) is 0.745. The molecule has 7 nitrogen and oxygen atoms in total. The molecule has 0 unspecified atom stereocenters. The number of benzene rings is 1. The summed E-state index contributed by atoms with van der Waals surface area (Å²) in [6.45, 7) is 4.11. The molecule has 8 heteroatoms. The number of piperazine rings is 1. The van der Waals surface area contributed by atoms with Gasteiger partial charge in [-0.2, -0.15) is 0 Å². The van der Waals surface area contributed by atoms with Crippen molar-refractivity contribution in [2.75, 3.05) is 50.3 Å². The molecule has 1 saturated heterocycles. The maximum absolute atomic E-state index is 12.5. The highest BCUT2D eigenvalue weighted by Crippen LogP contribution is 2.19. The molecule has 1 heterocycles. The average molecular weight is 354 g/mol. The zero-order chi connectivity index (χ0) is 17.9. The minimum Gasteiger partial charge on any atom is -0.334 e. The van der Waals surface area contributed by atoms with Crippen LogP contribution >= 0.6 is 0 Å². The van der Waals surface area contributed by atoms with Crippen LogP contribution in [0.15, 0.2) is 24.3 Å². The van der Waals surface area contributed by atoms with Crippen molar-refractivity contribution in [3.8, 4) is 0 Å². The third-order valence-electron chi connectivity index (χ3n) is 4.19. The summed E-state index contributed by atoms with van der Waals surface area (Å²) in [6.07, 6.45) is 1.06. The molecule has 24 heavy (non-hydrogen) atoms. The van der Waals surface area contributed by atoms with Crippen LogP contribution in [0.25, 0.3) is 0 Å². The van der Waals surface area contributed by atoms with Gasteiger partial charge in [-0.15, -0.1) is 0 Å². The highest BCUT2D eigenvalue weighted by molar-refractivity contribution is 7.92. The Morgan fingerprint density at radius 3 is 2.42 bits per heavy atom. The van der Waals surface area contributed by atoms with Gasteiger partial charge in [-0.3, -0.25) is 13.9 Å². The predicted octanol–water partition coefficient (Wildman–Crippen LogP) is -0.988. The Morgan fingerprint density at radius 2 is 1.88 bits per heavy atom. The Balaban J connectivity index is 2.22. The van der Waals surface area contributed by atoms with Crippen molar-refractivity contribution in [1.82, 2.24) is 4.90 Å². The Kier molecular flexibility index (Phi) is 5.61. The van der Waals surface area contributed by atoms with Crippen LogP contribution in [0, 0.1) is 0 Å². The van der Waals surface area contributed by atoms with Gasteiger partial charge in [0.1, 0.15) is 6.54 Å². The average Bonchev–Trinajstić information content (AvgIpc) is 2.52. The number of carbonyl (C=O) groups is 2.